The zero-order valence-corrected chi connectivity index (χ0v) is 12.9. The lowest BCUT2D eigenvalue weighted by Crippen LogP contribution is -2.25. The second-order valence-corrected chi connectivity index (χ2v) is 4.67. The van der Waals surface area contributed by atoms with Crippen LogP contribution in [0.4, 0.5) is 0 Å². The number of benzene rings is 1. The molecule has 0 bridgehead atoms. The number of nitrogens with one attached hydrogen (secondary N) is 1. The number of furan rings is 1. The van der Waals surface area contributed by atoms with Gasteiger partial charge in [0, 0.05) is 6.54 Å². The molecular formula is C17H21NO4. The summed E-state index contributed by atoms with van der Waals surface area (Å²) < 4.78 is 16.0. The fourth-order valence-electron chi connectivity index (χ4n) is 2.07. The van der Waals surface area contributed by atoms with Crippen molar-refractivity contribution in [3.05, 3.63) is 47.9 Å². The van der Waals surface area contributed by atoms with E-state index in [-0.39, 0.29) is 5.91 Å². The molecule has 1 N–H and O–H groups in total. The minimum absolute atomic E-state index is 0.135. The van der Waals surface area contributed by atoms with Crippen molar-refractivity contribution in [2.75, 3.05) is 19.8 Å². The number of ether oxygens (including phenoxy) is 2. The van der Waals surface area contributed by atoms with E-state index in [1.807, 2.05) is 32.0 Å². The lowest BCUT2D eigenvalue weighted by atomic mass is 10.1. The van der Waals surface area contributed by atoms with Gasteiger partial charge in [0.1, 0.15) is 6.26 Å². The van der Waals surface area contributed by atoms with E-state index in [1.54, 1.807) is 6.07 Å². The van der Waals surface area contributed by atoms with Gasteiger partial charge in [-0.25, -0.2) is 0 Å². The first-order valence-electron chi connectivity index (χ1n) is 7.43. The highest BCUT2D eigenvalue weighted by Gasteiger charge is 2.08. The maximum atomic E-state index is 11.8. The monoisotopic (exact) mass is 303 g/mol. The van der Waals surface area contributed by atoms with Crippen LogP contribution >= 0.6 is 0 Å². The third kappa shape index (κ3) is 4.28. The van der Waals surface area contributed by atoms with Gasteiger partial charge >= 0.3 is 0 Å². The molecule has 0 unspecified atom stereocenters. The first-order valence-corrected chi connectivity index (χ1v) is 7.43. The Balaban J connectivity index is 1.92. The quantitative estimate of drug-likeness (QED) is 0.814. The van der Waals surface area contributed by atoms with Gasteiger partial charge in [0.15, 0.2) is 11.5 Å². The number of hydrogen-bond donors (Lipinski definition) is 1. The molecule has 5 nitrogen and oxygen atoms in total. The van der Waals surface area contributed by atoms with Gasteiger partial charge in [-0.15, -0.1) is 0 Å². The first kappa shape index (κ1) is 15.9. The highest BCUT2D eigenvalue weighted by Crippen LogP contribution is 2.28. The molecule has 1 aromatic heterocycles. The van der Waals surface area contributed by atoms with Crippen LogP contribution < -0.4 is 14.8 Å². The first-order chi connectivity index (χ1) is 10.7. The van der Waals surface area contributed by atoms with Crippen molar-refractivity contribution in [3.63, 3.8) is 0 Å². The topological polar surface area (TPSA) is 60.7 Å². The van der Waals surface area contributed by atoms with E-state index in [4.69, 9.17) is 13.9 Å². The predicted octanol–water partition coefficient (Wildman–Crippen LogP) is 3.05. The van der Waals surface area contributed by atoms with Gasteiger partial charge in [0.05, 0.1) is 25.0 Å². The van der Waals surface area contributed by atoms with Crippen LogP contribution in [0.1, 0.15) is 29.8 Å². The largest absolute Gasteiger partial charge is 0.490 e. The standard InChI is InChI=1S/C17H21NO4/c1-3-21-15-6-5-13(11-16(15)22-4-2)7-9-18-17(19)14-8-10-20-12-14/h5-6,8,10-12H,3-4,7,9H2,1-2H3,(H,18,19). The van der Waals surface area contributed by atoms with Gasteiger partial charge in [-0.1, -0.05) is 6.07 Å². The molecule has 2 rings (SSSR count). The zero-order chi connectivity index (χ0) is 15.8. The van der Waals surface area contributed by atoms with E-state index in [9.17, 15) is 4.79 Å². The summed E-state index contributed by atoms with van der Waals surface area (Å²) in [6.07, 6.45) is 3.63. The van der Waals surface area contributed by atoms with Crippen molar-refractivity contribution >= 4 is 5.91 Å². The van der Waals surface area contributed by atoms with Gasteiger partial charge in [-0.05, 0) is 44.0 Å². The van der Waals surface area contributed by atoms with Crippen LogP contribution in [-0.2, 0) is 6.42 Å². The second-order valence-electron chi connectivity index (χ2n) is 4.67. The SMILES string of the molecule is CCOc1ccc(CCNC(=O)c2ccoc2)cc1OCC. The molecule has 0 fully saturated rings. The minimum atomic E-state index is -0.135. The van der Waals surface area contributed by atoms with E-state index in [0.717, 1.165) is 23.5 Å². The molecule has 0 aliphatic carbocycles. The van der Waals surface area contributed by atoms with E-state index in [1.165, 1.54) is 12.5 Å². The fourth-order valence-corrected chi connectivity index (χ4v) is 2.07. The maximum absolute atomic E-state index is 11.8. The summed E-state index contributed by atoms with van der Waals surface area (Å²) >= 11 is 0. The zero-order valence-electron chi connectivity index (χ0n) is 12.9. The third-order valence-electron chi connectivity index (χ3n) is 3.09. The van der Waals surface area contributed by atoms with Crippen molar-refractivity contribution in [3.8, 4) is 11.5 Å². The Bertz CT molecular complexity index is 593. The molecule has 1 heterocycles. The number of carbonyl (C=O) groups excluding carboxylic acids is 1. The average molecular weight is 303 g/mol. The second kappa shape index (κ2) is 8.12. The Kier molecular flexibility index (Phi) is 5.89. The fraction of sp³-hybridized carbons (Fsp3) is 0.353. The molecule has 0 aliphatic rings. The summed E-state index contributed by atoms with van der Waals surface area (Å²) in [6, 6.07) is 7.48. The molecule has 22 heavy (non-hydrogen) atoms. The summed E-state index contributed by atoms with van der Waals surface area (Å²) in [5, 5.41) is 2.85. The van der Waals surface area contributed by atoms with Crippen LogP contribution in [0, 0.1) is 0 Å². The molecule has 0 saturated heterocycles. The van der Waals surface area contributed by atoms with Crippen LogP contribution in [0.3, 0.4) is 0 Å². The molecule has 5 heteroatoms. The van der Waals surface area contributed by atoms with Crippen LogP contribution in [0.5, 0.6) is 11.5 Å². The molecule has 2 aromatic rings. The molecule has 0 atom stereocenters. The lowest BCUT2D eigenvalue weighted by Gasteiger charge is -2.12. The molecule has 1 amide bonds. The Morgan fingerprint density at radius 1 is 1.14 bits per heavy atom. The van der Waals surface area contributed by atoms with E-state index in [2.05, 4.69) is 5.32 Å². The van der Waals surface area contributed by atoms with Crippen LogP contribution in [0.25, 0.3) is 0 Å². The average Bonchev–Trinajstić information content (AvgIpc) is 3.04. The van der Waals surface area contributed by atoms with Crippen molar-refractivity contribution in [2.24, 2.45) is 0 Å². The van der Waals surface area contributed by atoms with Crippen molar-refractivity contribution in [2.45, 2.75) is 20.3 Å². The normalized spacial score (nSPS) is 10.3. The van der Waals surface area contributed by atoms with Gasteiger partial charge in [0.25, 0.3) is 5.91 Å². The number of rotatable bonds is 8. The highest BCUT2D eigenvalue weighted by atomic mass is 16.5. The molecule has 0 saturated carbocycles. The highest BCUT2D eigenvalue weighted by molar-refractivity contribution is 5.93. The molecule has 118 valence electrons. The summed E-state index contributed by atoms with van der Waals surface area (Å²) in [6.45, 7) is 5.60. The summed E-state index contributed by atoms with van der Waals surface area (Å²) in [5.41, 5.74) is 1.61. The van der Waals surface area contributed by atoms with Crippen molar-refractivity contribution in [1.82, 2.24) is 5.32 Å². The smallest absolute Gasteiger partial charge is 0.254 e. The third-order valence-corrected chi connectivity index (χ3v) is 3.09. The Hall–Kier alpha value is -2.43. The van der Waals surface area contributed by atoms with E-state index >= 15 is 0 Å². The van der Waals surface area contributed by atoms with Gasteiger partial charge in [-0.3, -0.25) is 4.79 Å². The van der Waals surface area contributed by atoms with Crippen LogP contribution in [-0.4, -0.2) is 25.7 Å². The molecular weight excluding hydrogens is 282 g/mol. The van der Waals surface area contributed by atoms with Crippen LogP contribution in [0.15, 0.2) is 41.2 Å². The Labute approximate surface area is 130 Å². The van der Waals surface area contributed by atoms with Gasteiger partial charge < -0.3 is 19.2 Å². The molecule has 1 aromatic carbocycles. The van der Waals surface area contributed by atoms with Crippen molar-refractivity contribution in [1.29, 1.82) is 0 Å². The summed E-state index contributed by atoms with van der Waals surface area (Å²) in [4.78, 5) is 11.8. The molecule has 0 aliphatic heterocycles. The predicted molar refractivity (Wildman–Crippen MR) is 83.5 cm³/mol. The number of carbonyl (C=O) groups is 1. The summed E-state index contributed by atoms with van der Waals surface area (Å²) in [7, 11) is 0. The van der Waals surface area contributed by atoms with Gasteiger partial charge in [0.2, 0.25) is 0 Å². The lowest BCUT2D eigenvalue weighted by molar-refractivity contribution is 0.0953. The minimum Gasteiger partial charge on any atom is -0.490 e. The van der Waals surface area contributed by atoms with E-state index in [0.29, 0.717) is 25.3 Å². The Morgan fingerprint density at radius 3 is 2.59 bits per heavy atom. The Morgan fingerprint density at radius 2 is 1.91 bits per heavy atom. The molecule has 0 radical (unpaired) electrons. The van der Waals surface area contributed by atoms with Crippen LogP contribution in [0.2, 0.25) is 0 Å². The van der Waals surface area contributed by atoms with Gasteiger partial charge in [-0.2, -0.15) is 0 Å². The number of amides is 1. The summed E-state index contributed by atoms with van der Waals surface area (Å²) in [5.74, 6) is 1.35. The van der Waals surface area contributed by atoms with E-state index < -0.39 is 0 Å². The maximum Gasteiger partial charge on any atom is 0.254 e. The number of hydrogen-bond acceptors (Lipinski definition) is 4. The van der Waals surface area contributed by atoms with Crippen molar-refractivity contribution < 1.29 is 18.7 Å². The molecule has 0 spiro atoms.